The molecule has 0 atom stereocenters. The second kappa shape index (κ2) is 16.1. The van der Waals surface area contributed by atoms with Crippen LogP contribution in [0.3, 0.4) is 0 Å². The van der Waals surface area contributed by atoms with Crippen LogP contribution in [0.5, 0.6) is 0 Å². The van der Waals surface area contributed by atoms with Crippen molar-refractivity contribution in [1.29, 1.82) is 0 Å². The zero-order valence-electron chi connectivity index (χ0n) is 5.91. The third-order valence-electron chi connectivity index (χ3n) is 0. The molecule has 0 spiro atoms. The molecule has 0 aliphatic carbocycles. The van der Waals surface area contributed by atoms with Gasteiger partial charge in [-0.25, -0.2) is 0 Å². The Balaban J connectivity index is 0. The monoisotopic (exact) mass is 164 g/mol. The molecule has 0 aromatic rings. The van der Waals surface area contributed by atoms with E-state index in [0.29, 0.717) is 0 Å². The Labute approximate surface area is 115 Å². The van der Waals surface area contributed by atoms with Gasteiger partial charge in [0.15, 0.2) is 0 Å². The molecule has 0 bridgehead atoms. The maximum Gasteiger partial charge on any atom is 2.00 e. The minimum absolute atomic E-state index is 0. The van der Waals surface area contributed by atoms with E-state index in [0.717, 1.165) is 0 Å². The van der Waals surface area contributed by atoms with Gasteiger partial charge in [0.05, 0.1) is 0 Å². The molecule has 2 N–H and O–H groups in total. The topological polar surface area (TPSA) is 31.5 Å². The molecule has 0 aliphatic rings. The van der Waals surface area contributed by atoms with Crippen LogP contribution >= 0.6 is 0 Å². The molecule has 0 aliphatic heterocycles. The van der Waals surface area contributed by atoms with Crippen LogP contribution in [0.15, 0.2) is 0 Å². The summed E-state index contributed by atoms with van der Waals surface area (Å²) in [6.07, 6.45) is 0. The molecular weight excluding hydrogens is 161 g/mol. The van der Waals surface area contributed by atoms with Gasteiger partial charge in [0.25, 0.3) is 0 Å². The van der Waals surface area contributed by atoms with Crippen LogP contribution in [0.2, 0.25) is 0 Å². The molecule has 4 heteroatoms. The predicted octanol–water partition coefficient (Wildman–Crippen LogP) is -3.87. The van der Waals surface area contributed by atoms with Gasteiger partial charge in [-0.1, -0.05) is 0 Å². The van der Waals surface area contributed by atoms with Crippen LogP contribution in [0.1, 0.15) is 4.28 Å². The van der Waals surface area contributed by atoms with Crippen LogP contribution in [0.4, 0.5) is 0 Å². The van der Waals surface area contributed by atoms with Crippen molar-refractivity contribution in [1.82, 2.24) is 0 Å². The molecular formula is H5CaKOZn. The zero-order valence-corrected chi connectivity index (χ0v) is 11.2. The van der Waals surface area contributed by atoms with E-state index < -0.39 is 0 Å². The maximum atomic E-state index is 0. The Morgan fingerprint density at radius 1 is 1.25 bits per heavy atom. The first kappa shape index (κ1) is 25.9. The second-order valence-corrected chi connectivity index (χ2v) is 0. The fraction of sp³-hybridized carbons (Fsp3) is 0. The Bertz CT molecular complexity index is 14.9. The first-order valence-electron chi connectivity index (χ1n) is 0. The Morgan fingerprint density at radius 3 is 1.25 bits per heavy atom. The van der Waals surface area contributed by atoms with Gasteiger partial charge >= 0.3 is 89.1 Å². The first-order chi connectivity index (χ1) is 0. The summed E-state index contributed by atoms with van der Waals surface area (Å²) in [5.74, 6) is 0. The van der Waals surface area contributed by atoms with Crippen molar-refractivity contribution in [2.45, 2.75) is 0 Å². The number of rotatable bonds is 0. The molecule has 0 saturated heterocycles. The smallest absolute Gasteiger partial charge is 1.00 e. The van der Waals surface area contributed by atoms with Gasteiger partial charge in [0, 0.05) is 19.5 Å². The summed E-state index contributed by atoms with van der Waals surface area (Å²) in [7, 11) is 0. The average Bonchev–Trinajstić information content (AvgIpc) is 0. The summed E-state index contributed by atoms with van der Waals surface area (Å²) in [5, 5.41) is 0. The third kappa shape index (κ3) is 9.08. The van der Waals surface area contributed by atoms with Gasteiger partial charge < -0.3 is 9.76 Å². The van der Waals surface area contributed by atoms with E-state index >= 15 is 0 Å². The van der Waals surface area contributed by atoms with Crippen molar-refractivity contribution in [2.75, 3.05) is 0 Å². The SMILES string of the molecule is O.[Ca+2].[H-].[H-].[H-].[K+].[Zn]. The molecule has 0 aromatic heterocycles. The summed E-state index contributed by atoms with van der Waals surface area (Å²) >= 11 is 0. The van der Waals surface area contributed by atoms with Crippen molar-refractivity contribution in [2.24, 2.45) is 0 Å². The number of hydrogen-bond donors (Lipinski definition) is 0. The van der Waals surface area contributed by atoms with E-state index in [-0.39, 0.29) is 118 Å². The molecule has 0 rings (SSSR count). The van der Waals surface area contributed by atoms with Gasteiger partial charge in [-0.2, -0.15) is 0 Å². The summed E-state index contributed by atoms with van der Waals surface area (Å²) in [4.78, 5) is 0. The Hall–Kier alpha value is 3.48. The number of hydrogen-bond acceptors (Lipinski definition) is 0. The molecule has 4 heavy (non-hydrogen) atoms. The first-order valence-corrected chi connectivity index (χ1v) is 0. The molecule has 0 unspecified atom stereocenters. The van der Waals surface area contributed by atoms with Gasteiger partial charge in [0.2, 0.25) is 0 Å². The molecule has 0 radical (unpaired) electrons. The minimum atomic E-state index is 0. The largest absolute Gasteiger partial charge is 2.00 e. The molecule has 0 fully saturated rings. The van der Waals surface area contributed by atoms with E-state index in [2.05, 4.69) is 0 Å². The molecule has 0 aromatic carbocycles. The van der Waals surface area contributed by atoms with Gasteiger partial charge in [-0.05, 0) is 0 Å². The summed E-state index contributed by atoms with van der Waals surface area (Å²) < 4.78 is 0. The molecule has 0 saturated carbocycles. The van der Waals surface area contributed by atoms with E-state index in [4.69, 9.17) is 0 Å². The van der Waals surface area contributed by atoms with Crippen molar-refractivity contribution in [3.05, 3.63) is 0 Å². The van der Waals surface area contributed by atoms with Crippen LogP contribution in [0, 0.1) is 0 Å². The van der Waals surface area contributed by atoms with Crippen molar-refractivity contribution in [3.8, 4) is 0 Å². The van der Waals surface area contributed by atoms with Crippen molar-refractivity contribution < 1.29 is 80.6 Å². The summed E-state index contributed by atoms with van der Waals surface area (Å²) in [5.41, 5.74) is 0. The van der Waals surface area contributed by atoms with Crippen LogP contribution in [-0.4, -0.2) is 43.2 Å². The van der Waals surface area contributed by atoms with Gasteiger partial charge in [-0.3, -0.25) is 0 Å². The van der Waals surface area contributed by atoms with E-state index in [1.165, 1.54) is 0 Å². The molecule has 16 valence electrons. The van der Waals surface area contributed by atoms with Crippen LogP contribution in [0.25, 0.3) is 0 Å². The minimum Gasteiger partial charge on any atom is -1.00 e. The average molecular weight is 166 g/mol. The maximum absolute atomic E-state index is 0. The molecule has 1 nitrogen and oxygen atoms in total. The Morgan fingerprint density at radius 2 is 1.25 bits per heavy atom. The van der Waals surface area contributed by atoms with Crippen LogP contribution in [-0.2, 0) is 19.5 Å². The normalized spacial score (nSPS) is 0. The zero-order chi connectivity index (χ0) is 0. The summed E-state index contributed by atoms with van der Waals surface area (Å²) in [6.45, 7) is 0. The predicted molar refractivity (Wildman–Crippen MR) is 12.7 cm³/mol. The van der Waals surface area contributed by atoms with E-state index in [1.54, 1.807) is 0 Å². The second-order valence-electron chi connectivity index (χ2n) is 0. The van der Waals surface area contributed by atoms with E-state index in [9.17, 15) is 0 Å². The van der Waals surface area contributed by atoms with Gasteiger partial charge in [0.1, 0.15) is 0 Å². The Kier molecular flexibility index (Phi) is 104. The standard InChI is InChI=1S/Ca.K.H2O.Zn.3H/h;;1H2;;;;/q+2;+1;;;3*-1. The fourth-order valence-corrected chi connectivity index (χ4v) is 0. The summed E-state index contributed by atoms with van der Waals surface area (Å²) in [6, 6.07) is 0. The van der Waals surface area contributed by atoms with Crippen molar-refractivity contribution in [3.63, 3.8) is 0 Å². The quantitative estimate of drug-likeness (QED) is 0.329. The van der Waals surface area contributed by atoms with Gasteiger partial charge in [-0.15, -0.1) is 0 Å². The van der Waals surface area contributed by atoms with Crippen LogP contribution < -0.4 is 51.4 Å². The van der Waals surface area contributed by atoms with Crippen molar-refractivity contribution >= 4 is 37.7 Å². The third-order valence-corrected chi connectivity index (χ3v) is 0. The molecule has 0 heterocycles. The van der Waals surface area contributed by atoms with E-state index in [1.807, 2.05) is 0 Å². The molecule has 0 amide bonds. The fourth-order valence-electron chi connectivity index (χ4n) is 0.